The van der Waals surface area contributed by atoms with Gasteiger partial charge in [0, 0.05) is 19.1 Å². The van der Waals surface area contributed by atoms with Gasteiger partial charge in [0.2, 0.25) is 0 Å². The van der Waals surface area contributed by atoms with E-state index in [-0.39, 0.29) is 0 Å². The van der Waals surface area contributed by atoms with Crippen LogP contribution in [0.3, 0.4) is 0 Å². The zero-order chi connectivity index (χ0) is 14.0. The van der Waals surface area contributed by atoms with E-state index in [0.29, 0.717) is 0 Å². The molecule has 0 spiro atoms. The highest BCUT2D eigenvalue weighted by atomic mass is 16.5. The smallest absolute Gasteiger partial charge is 0.128 e. The molecular weight excluding hydrogens is 252 g/mol. The highest BCUT2D eigenvalue weighted by Crippen LogP contribution is 2.44. The minimum atomic E-state index is -0.598. The molecule has 1 aliphatic carbocycles. The van der Waals surface area contributed by atoms with Gasteiger partial charge in [-0.1, -0.05) is 43.9 Å². The zero-order valence-corrected chi connectivity index (χ0v) is 12.2. The SMILES string of the molecule is COC1(C(O)c2cccc3c2OCC3)CCCCCC1. The van der Waals surface area contributed by atoms with Crippen molar-refractivity contribution >= 4 is 0 Å². The molecule has 1 heterocycles. The van der Waals surface area contributed by atoms with Crippen molar-refractivity contribution in [3.8, 4) is 5.75 Å². The Bertz CT molecular complexity index is 461. The van der Waals surface area contributed by atoms with Crippen molar-refractivity contribution in [2.24, 2.45) is 0 Å². The van der Waals surface area contributed by atoms with E-state index < -0.39 is 11.7 Å². The monoisotopic (exact) mass is 276 g/mol. The Morgan fingerprint density at radius 2 is 1.95 bits per heavy atom. The highest BCUT2D eigenvalue weighted by molar-refractivity contribution is 5.46. The summed E-state index contributed by atoms with van der Waals surface area (Å²) in [4.78, 5) is 0. The molecule has 1 unspecified atom stereocenters. The van der Waals surface area contributed by atoms with Crippen molar-refractivity contribution in [3.05, 3.63) is 29.3 Å². The molecule has 0 radical (unpaired) electrons. The van der Waals surface area contributed by atoms with Gasteiger partial charge in [0.1, 0.15) is 11.9 Å². The molecule has 110 valence electrons. The van der Waals surface area contributed by atoms with Gasteiger partial charge in [-0.15, -0.1) is 0 Å². The molecule has 1 N–H and O–H groups in total. The van der Waals surface area contributed by atoms with Gasteiger partial charge >= 0.3 is 0 Å². The van der Waals surface area contributed by atoms with E-state index in [4.69, 9.17) is 9.47 Å². The van der Waals surface area contributed by atoms with E-state index in [2.05, 4.69) is 6.07 Å². The first-order valence-corrected chi connectivity index (χ1v) is 7.75. The molecule has 2 aliphatic rings. The molecule has 1 atom stereocenters. The summed E-state index contributed by atoms with van der Waals surface area (Å²) in [6, 6.07) is 6.09. The third-order valence-electron chi connectivity index (χ3n) is 4.89. The average Bonchev–Trinajstić information content (AvgIpc) is 2.83. The maximum Gasteiger partial charge on any atom is 0.128 e. The Morgan fingerprint density at radius 3 is 2.65 bits per heavy atom. The lowest BCUT2D eigenvalue weighted by molar-refractivity contribution is -0.114. The van der Waals surface area contributed by atoms with E-state index in [1.165, 1.54) is 18.4 Å². The second kappa shape index (κ2) is 5.74. The van der Waals surface area contributed by atoms with Gasteiger partial charge in [-0.25, -0.2) is 0 Å². The maximum absolute atomic E-state index is 11.0. The largest absolute Gasteiger partial charge is 0.493 e. The van der Waals surface area contributed by atoms with Crippen LogP contribution < -0.4 is 4.74 Å². The number of hydrogen-bond acceptors (Lipinski definition) is 3. The maximum atomic E-state index is 11.0. The van der Waals surface area contributed by atoms with E-state index >= 15 is 0 Å². The predicted octanol–water partition coefficient (Wildman–Crippen LogP) is 3.39. The van der Waals surface area contributed by atoms with Crippen LogP contribution in [-0.2, 0) is 11.2 Å². The van der Waals surface area contributed by atoms with Crippen molar-refractivity contribution in [2.75, 3.05) is 13.7 Å². The molecule has 1 aromatic carbocycles. The highest BCUT2D eigenvalue weighted by Gasteiger charge is 2.41. The Labute approximate surface area is 120 Å². The van der Waals surface area contributed by atoms with Crippen LogP contribution >= 0.6 is 0 Å². The number of benzene rings is 1. The standard InChI is InChI=1S/C17H24O3/c1-19-17(10-4-2-3-5-11-17)16(18)14-8-6-7-13-9-12-20-15(13)14/h6-8,16,18H,2-5,9-12H2,1H3. The number of hydrogen-bond donors (Lipinski definition) is 1. The molecular formula is C17H24O3. The quantitative estimate of drug-likeness (QED) is 0.860. The van der Waals surface area contributed by atoms with Crippen LogP contribution in [0.2, 0.25) is 0 Å². The van der Waals surface area contributed by atoms with Gasteiger partial charge in [-0.05, 0) is 18.4 Å². The minimum Gasteiger partial charge on any atom is -0.493 e. The number of aliphatic hydroxyl groups excluding tert-OH is 1. The molecule has 1 fully saturated rings. The summed E-state index contributed by atoms with van der Waals surface area (Å²) in [7, 11) is 1.73. The molecule has 0 amide bonds. The predicted molar refractivity (Wildman–Crippen MR) is 78.0 cm³/mol. The fraction of sp³-hybridized carbons (Fsp3) is 0.647. The molecule has 3 heteroatoms. The van der Waals surface area contributed by atoms with Crippen LogP contribution in [0.15, 0.2) is 18.2 Å². The van der Waals surface area contributed by atoms with Crippen LogP contribution in [-0.4, -0.2) is 24.4 Å². The molecule has 1 aliphatic heterocycles. The lowest BCUT2D eigenvalue weighted by Crippen LogP contribution is -2.38. The third-order valence-corrected chi connectivity index (χ3v) is 4.89. The summed E-state index contributed by atoms with van der Waals surface area (Å²) in [6.45, 7) is 0.721. The molecule has 3 nitrogen and oxygen atoms in total. The molecule has 1 aromatic rings. The average molecular weight is 276 g/mol. The van der Waals surface area contributed by atoms with Crippen molar-refractivity contribution in [3.63, 3.8) is 0 Å². The normalized spacial score (nSPS) is 22.7. The van der Waals surface area contributed by atoms with E-state index in [1.807, 2.05) is 12.1 Å². The first-order valence-electron chi connectivity index (χ1n) is 7.75. The molecule has 0 saturated heterocycles. The Hall–Kier alpha value is -1.06. The number of rotatable bonds is 3. The molecule has 1 saturated carbocycles. The number of ether oxygens (including phenoxy) is 2. The number of fused-ring (bicyclic) bond motifs is 1. The Kier molecular flexibility index (Phi) is 3.99. The van der Waals surface area contributed by atoms with Gasteiger partial charge in [0.15, 0.2) is 0 Å². The number of para-hydroxylation sites is 1. The number of methoxy groups -OCH3 is 1. The summed E-state index contributed by atoms with van der Waals surface area (Å²) < 4.78 is 11.6. The zero-order valence-electron chi connectivity index (χ0n) is 12.2. The second-order valence-electron chi connectivity index (χ2n) is 6.02. The summed E-state index contributed by atoms with van der Waals surface area (Å²) in [5, 5.41) is 11.0. The van der Waals surface area contributed by atoms with Gasteiger partial charge < -0.3 is 14.6 Å². The third kappa shape index (κ3) is 2.33. The summed E-state index contributed by atoms with van der Waals surface area (Å²) in [5.41, 5.74) is 1.67. The second-order valence-corrected chi connectivity index (χ2v) is 6.02. The van der Waals surface area contributed by atoms with Crippen LogP contribution in [0.25, 0.3) is 0 Å². The van der Waals surface area contributed by atoms with Crippen LogP contribution in [0.4, 0.5) is 0 Å². The van der Waals surface area contributed by atoms with Gasteiger partial charge in [-0.3, -0.25) is 0 Å². The minimum absolute atomic E-state index is 0.447. The molecule has 20 heavy (non-hydrogen) atoms. The summed E-state index contributed by atoms with van der Waals surface area (Å²) in [6.07, 6.45) is 6.92. The fourth-order valence-electron chi connectivity index (χ4n) is 3.66. The summed E-state index contributed by atoms with van der Waals surface area (Å²) >= 11 is 0. The molecule has 0 bridgehead atoms. The van der Waals surface area contributed by atoms with E-state index in [9.17, 15) is 5.11 Å². The van der Waals surface area contributed by atoms with Crippen LogP contribution in [0.1, 0.15) is 55.8 Å². The first-order chi connectivity index (χ1) is 9.77. The van der Waals surface area contributed by atoms with Gasteiger partial charge in [0.25, 0.3) is 0 Å². The van der Waals surface area contributed by atoms with Crippen molar-refractivity contribution in [1.29, 1.82) is 0 Å². The lowest BCUT2D eigenvalue weighted by Gasteiger charge is -2.36. The van der Waals surface area contributed by atoms with Crippen molar-refractivity contribution in [2.45, 2.75) is 56.7 Å². The molecule has 3 rings (SSSR count). The number of aliphatic hydroxyl groups is 1. The topological polar surface area (TPSA) is 38.7 Å². The summed E-state index contributed by atoms with van der Waals surface area (Å²) in [5.74, 6) is 0.890. The Morgan fingerprint density at radius 1 is 1.20 bits per heavy atom. The van der Waals surface area contributed by atoms with Crippen molar-refractivity contribution < 1.29 is 14.6 Å². The van der Waals surface area contributed by atoms with Crippen LogP contribution in [0.5, 0.6) is 5.75 Å². The molecule has 0 aromatic heterocycles. The Balaban J connectivity index is 1.94. The fourth-order valence-corrected chi connectivity index (χ4v) is 3.66. The lowest BCUT2D eigenvalue weighted by atomic mass is 9.83. The van der Waals surface area contributed by atoms with E-state index in [1.54, 1.807) is 7.11 Å². The van der Waals surface area contributed by atoms with Gasteiger partial charge in [-0.2, -0.15) is 0 Å². The van der Waals surface area contributed by atoms with Crippen molar-refractivity contribution in [1.82, 2.24) is 0 Å². The van der Waals surface area contributed by atoms with E-state index in [0.717, 1.165) is 50.0 Å². The first kappa shape index (κ1) is 13.9. The van der Waals surface area contributed by atoms with Crippen LogP contribution in [0, 0.1) is 0 Å². The van der Waals surface area contributed by atoms with Gasteiger partial charge in [0.05, 0.1) is 12.2 Å².